The molecule has 0 atom stereocenters. The van der Waals surface area contributed by atoms with E-state index in [0.29, 0.717) is 41.0 Å². The predicted molar refractivity (Wildman–Crippen MR) is 76.7 cm³/mol. The largest absolute Gasteiger partial charge is 0.441 e. The molecule has 1 aromatic heterocycles. The van der Waals surface area contributed by atoms with Crippen LogP contribution in [0.1, 0.15) is 31.6 Å². The first-order valence-electron chi connectivity index (χ1n) is 7.24. The third-order valence-corrected chi connectivity index (χ3v) is 4.20. The minimum absolute atomic E-state index is 0.0507. The van der Waals surface area contributed by atoms with Crippen molar-refractivity contribution in [1.29, 1.82) is 0 Å². The number of halogens is 1. The van der Waals surface area contributed by atoms with E-state index in [-0.39, 0.29) is 5.69 Å². The van der Waals surface area contributed by atoms with E-state index >= 15 is 0 Å². The maximum Gasteiger partial charge on any atom is 0.261 e. The molecule has 2 aliphatic rings. The van der Waals surface area contributed by atoms with E-state index in [1.807, 2.05) is 0 Å². The highest BCUT2D eigenvalue weighted by molar-refractivity contribution is 6.33. The summed E-state index contributed by atoms with van der Waals surface area (Å²) in [6.07, 6.45) is 2.94. The number of hydrogen-bond acceptors (Lipinski definition) is 4. The van der Waals surface area contributed by atoms with Crippen molar-refractivity contribution in [3.63, 3.8) is 0 Å². The summed E-state index contributed by atoms with van der Waals surface area (Å²) < 4.78 is 19.6. The van der Waals surface area contributed by atoms with Crippen LogP contribution >= 0.6 is 0 Å². The van der Waals surface area contributed by atoms with Gasteiger partial charge in [0.1, 0.15) is 5.52 Å². The molecule has 6 heteroatoms. The van der Waals surface area contributed by atoms with Crippen LogP contribution in [0.3, 0.4) is 0 Å². The lowest BCUT2D eigenvalue weighted by atomic mass is 9.93. The molecule has 0 saturated heterocycles. The fourth-order valence-electron chi connectivity index (χ4n) is 3.18. The second-order valence-electron chi connectivity index (χ2n) is 5.61. The molecule has 0 N–H and O–H groups in total. The van der Waals surface area contributed by atoms with Gasteiger partial charge in [0.2, 0.25) is 0 Å². The molecule has 2 amide bonds. The third kappa shape index (κ3) is 1.73. The number of imide groups is 1. The Labute approximate surface area is 125 Å². The summed E-state index contributed by atoms with van der Waals surface area (Å²) in [7, 11) is 0. The number of aryl methyl sites for hydroxylation is 1. The SMILES string of the molecule is Cc1nc2cc(N3C(=O)C4=C(CCCC4)C3=O)c(F)cc2o1. The van der Waals surface area contributed by atoms with Gasteiger partial charge in [-0.2, -0.15) is 0 Å². The van der Waals surface area contributed by atoms with Gasteiger partial charge in [-0.3, -0.25) is 9.59 Å². The maximum absolute atomic E-state index is 14.4. The van der Waals surface area contributed by atoms with Crippen LogP contribution < -0.4 is 4.90 Å². The summed E-state index contributed by atoms with van der Waals surface area (Å²) in [6.45, 7) is 1.66. The molecule has 1 aliphatic heterocycles. The molecule has 112 valence electrons. The molecule has 5 nitrogen and oxygen atoms in total. The Balaban J connectivity index is 1.84. The zero-order valence-electron chi connectivity index (χ0n) is 12.0. The van der Waals surface area contributed by atoms with E-state index in [9.17, 15) is 14.0 Å². The lowest BCUT2D eigenvalue weighted by Gasteiger charge is -2.15. The minimum Gasteiger partial charge on any atom is -0.441 e. The van der Waals surface area contributed by atoms with Crippen molar-refractivity contribution in [3.8, 4) is 0 Å². The van der Waals surface area contributed by atoms with Crippen LogP contribution in [0.25, 0.3) is 11.1 Å². The van der Waals surface area contributed by atoms with Crippen molar-refractivity contribution >= 4 is 28.6 Å². The number of fused-ring (bicyclic) bond motifs is 1. The molecule has 2 heterocycles. The normalized spacial score (nSPS) is 18.5. The van der Waals surface area contributed by atoms with Gasteiger partial charge in [0, 0.05) is 24.1 Å². The summed E-state index contributed by atoms with van der Waals surface area (Å²) in [4.78, 5) is 30.0. The Hall–Kier alpha value is -2.50. The number of aromatic nitrogens is 1. The molecule has 1 aliphatic carbocycles. The first kappa shape index (κ1) is 13.2. The Morgan fingerprint density at radius 3 is 2.41 bits per heavy atom. The van der Waals surface area contributed by atoms with Crippen LogP contribution in [0.5, 0.6) is 0 Å². The quantitative estimate of drug-likeness (QED) is 0.759. The standard InChI is InChI=1S/C16H13FN2O3/c1-8-18-12-7-13(11(17)6-14(12)22-8)19-15(20)9-4-2-3-5-10(9)16(19)21/h6-7H,2-5H2,1H3. The lowest BCUT2D eigenvalue weighted by molar-refractivity contribution is -0.120. The Kier molecular flexibility index (Phi) is 2.69. The zero-order chi connectivity index (χ0) is 15.4. The van der Waals surface area contributed by atoms with Gasteiger partial charge in [0.15, 0.2) is 17.3 Å². The third-order valence-electron chi connectivity index (χ3n) is 4.20. The fraction of sp³-hybridized carbons (Fsp3) is 0.312. The monoisotopic (exact) mass is 300 g/mol. The molecule has 0 bridgehead atoms. The van der Waals surface area contributed by atoms with Gasteiger partial charge in [-0.05, 0) is 31.7 Å². The Morgan fingerprint density at radius 1 is 1.14 bits per heavy atom. The van der Waals surface area contributed by atoms with Crippen molar-refractivity contribution in [1.82, 2.24) is 4.98 Å². The van der Waals surface area contributed by atoms with E-state index in [4.69, 9.17) is 4.42 Å². The maximum atomic E-state index is 14.4. The fourth-order valence-corrected chi connectivity index (χ4v) is 3.18. The van der Waals surface area contributed by atoms with Gasteiger partial charge in [-0.25, -0.2) is 14.3 Å². The first-order valence-corrected chi connectivity index (χ1v) is 7.24. The first-order chi connectivity index (χ1) is 10.6. The topological polar surface area (TPSA) is 63.4 Å². The van der Waals surface area contributed by atoms with Crippen LogP contribution in [0.2, 0.25) is 0 Å². The Morgan fingerprint density at radius 2 is 1.77 bits per heavy atom. The van der Waals surface area contributed by atoms with Crippen LogP contribution in [-0.2, 0) is 9.59 Å². The van der Waals surface area contributed by atoms with Gasteiger partial charge < -0.3 is 4.42 Å². The van der Waals surface area contributed by atoms with Gasteiger partial charge in [-0.15, -0.1) is 0 Å². The molecule has 0 fully saturated rings. The van der Waals surface area contributed by atoms with Gasteiger partial charge >= 0.3 is 0 Å². The molecule has 2 aromatic rings. The summed E-state index contributed by atoms with van der Waals surface area (Å²) in [6, 6.07) is 2.57. The molecule has 0 unspecified atom stereocenters. The highest BCUT2D eigenvalue weighted by Gasteiger charge is 2.40. The van der Waals surface area contributed by atoms with E-state index < -0.39 is 17.6 Å². The summed E-state index contributed by atoms with van der Waals surface area (Å²) in [5, 5.41) is 0. The molecule has 22 heavy (non-hydrogen) atoms. The van der Waals surface area contributed by atoms with Crippen LogP contribution in [-0.4, -0.2) is 16.8 Å². The summed E-state index contributed by atoms with van der Waals surface area (Å²) in [5.74, 6) is -1.07. The molecular formula is C16H13FN2O3. The number of oxazole rings is 1. The van der Waals surface area contributed by atoms with Crippen molar-refractivity contribution in [2.75, 3.05) is 4.90 Å². The molecular weight excluding hydrogens is 287 g/mol. The van der Waals surface area contributed by atoms with Crippen molar-refractivity contribution < 1.29 is 18.4 Å². The predicted octanol–water partition coefficient (Wildman–Crippen LogP) is 3.02. The smallest absolute Gasteiger partial charge is 0.261 e. The number of hydrogen-bond donors (Lipinski definition) is 0. The van der Waals surface area contributed by atoms with Crippen LogP contribution in [0.4, 0.5) is 10.1 Å². The van der Waals surface area contributed by atoms with Crippen molar-refractivity contribution in [2.24, 2.45) is 0 Å². The van der Waals surface area contributed by atoms with E-state index in [1.165, 1.54) is 12.1 Å². The number of anilines is 1. The van der Waals surface area contributed by atoms with E-state index in [2.05, 4.69) is 4.98 Å². The average molecular weight is 300 g/mol. The van der Waals surface area contributed by atoms with Gasteiger partial charge in [-0.1, -0.05) is 0 Å². The highest BCUT2D eigenvalue weighted by Crippen LogP contribution is 2.37. The van der Waals surface area contributed by atoms with Crippen molar-refractivity contribution in [3.05, 3.63) is 35.0 Å². The van der Waals surface area contributed by atoms with Crippen LogP contribution in [0.15, 0.2) is 27.7 Å². The minimum atomic E-state index is -0.662. The van der Waals surface area contributed by atoms with Crippen molar-refractivity contribution in [2.45, 2.75) is 32.6 Å². The second kappa shape index (κ2) is 4.50. The summed E-state index contributed by atoms with van der Waals surface area (Å²) >= 11 is 0. The second-order valence-corrected chi connectivity index (χ2v) is 5.61. The molecule has 0 spiro atoms. The number of amides is 2. The number of carbonyl (C=O) groups is 2. The zero-order valence-corrected chi connectivity index (χ0v) is 12.0. The number of nitrogens with zero attached hydrogens (tertiary/aromatic N) is 2. The summed E-state index contributed by atoms with van der Waals surface area (Å²) in [5.41, 5.74) is 1.75. The van der Waals surface area contributed by atoms with E-state index in [1.54, 1.807) is 6.92 Å². The number of carbonyl (C=O) groups excluding carboxylic acids is 2. The van der Waals surface area contributed by atoms with Gasteiger partial charge in [0.05, 0.1) is 5.69 Å². The molecule has 0 radical (unpaired) electrons. The number of rotatable bonds is 1. The van der Waals surface area contributed by atoms with Crippen LogP contribution in [0, 0.1) is 12.7 Å². The van der Waals surface area contributed by atoms with Gasteiger partial charge in [0.25, 0.3) is 11.8 Å². The van der Waals surface area contributed by atoms with E-state index in [0.717, 1.165) is 17.7 Å². The average Bonchev–Trinajstić information content (AvgIpc) is 2.97. The molecule has 4 rings (SSSR count). The molecule has 0 saturated carbocycles. The number of benzene rings is 1. The Bertz CT molecular complexity index is 838. The highest BCUT2D eigenvalue weighted by atomic mass is 19.1. The lowest BCUT2D eigenvalue weighted by Crippen LogP contribution is -2.32. The molecule has 1 aromatic carbocycles.